The predicted molar refractivity (Wildman–Crippen MR) is 88.3 cm³/mol. The fourth-order valence-corrected chi connectivity index (χ4v) is 2.09. The highest BCUT2D eigenvalue weighted by molar-refractivity contribution is 6.04. The number of carbonyl (C=O) groups excluding carboxylic acids is 3. The Balaban J connectivity index is 2.03. The Bertz CT molecular complexity index is 798. The molecular weight excluding hydrogens is 326 g/mol. The second-order valence-corrected chi connectivity index (χ2v) is 5.18. The Labute approximate surface area is 144 Å². The van der Waals surface area contributed by atoms with Crippen LogP contribution >= 0.6 is 0 Å². The fourth-order valence-electron chi connectivity index (χ4n) is 2.09. The summed E-state index contributed by atoms with van der Waals surface area (Å²) in [5.74, 6) is -1.29. The van der Waals surface area contributed by atoms with E-state index in [1.165, 1.54) is 13.2 Å². The van der Waals surface area contributed by atoms with E-state index >= 15 is 0 Å². The number of hydrogen-bond donors (Lipinski definition) is 1. The van der Waals surface area contributed by atoms with E-state index in [1.54, 1.807) is 43.3 Å². The monoisotopic (exact) mass is 343 g/mol. The summed E-state index contributed by atoms with van der Waals surface area (Å²) in [7, 11) is 1.21. The van der Waals surface area contributed by atoms with Gasteiger partial charge in [0.15, 0.2) is 0 Å². The summed E-state index contributed by atoms with van der Waals surface area (Å²) < 4.78 is 9.62. The maximum atomic E-state index is 12.1. The zero-order valence-corrected chi connectivity index (χ0v) is 14.0. The van der Waals surface area contributed by atoms with Crippen LogP contribution in [0.3, 0.4) is 0 Å². The third kappa shape index (κ3) is 4.57. The van der Waals surface area contributed by atoms with Crippen LogP contribution < -0.4 is 10.2 Å². The lowest BCUT2D eigenvalue weighted by atomic mass is 10.0. The lowest BCUT2D eigenvalue weighted by Crippen LogP contribution is -2.30. The smallest absolute Gasteiger partial charge is 0.446 e. The van der Waals surface area contributed by atoms with Crippen LogP contribution in [0, 0.1) is 13.8 Å². The van der Waals surface area contributed by atoms with Gasteiger partial charge in [0.05, 0.1) is 18.2 Å². The molecule has 130 valence electrons. The van der Waals surface area contributed by atoms with Gasteiger partial charge in [-0.1, -0.05) is 29.8 Å². The molecule has 0 aromatic heterocycles. The highest BCUT2D eigenvalue weighted by Gasteiger charge is 2.22. The molecule has 7 heteroatoms. The van der Waals surface area contributed by atoms with Gasteiger partial charge in [0.2, 0.25) is 0 Å². The third-order valence-electron chi connectivity index (χ3n) is 3.34. The highest BCUT2D eigenvalue weighted by Crippen LogP contribution is 2.16. The largest absolute Gasteiger partial charge is 0.465 e. The first kappa shape index (κ1) is 18.0. The predicted octanol–water partition coefficient (Wildman–Crippen LogP) is 2.95. The van der Waals surface area contributed by atoms with Gasteiger partial charge in [0.25, 0.3) is 0 Å². The standard InChI is InChI=1S/C18H17NO6/c1-11-7-9-13(10-8-11)24-18(22)19-25-16(20)14-6-4-5-12(2)15(14)17(21)23-3/h4-10H,1-3H3,(H,19,22). The Morgan fingerprint density at radius 1 is 0.920 bits per heavy atom. The first-order chi connectivity index (χ1) is 11.9. The number of amides is 1. The van der Waals surface area contributed by atoms with Gasteiger partial charge in [-0.3, -0.25) is 0 Å². The minimum Gasteiger partial charge on any atom is -0.465 e. The number of rotatable bonds is 3. The summed E-state index contributed by atoms with van der Waals surface area (Å²) >= 11 is 0. The molecule has 0 radical (unpaired) electrons. The minimum absolute atomic E-state index is 0.0255. The van der Waals surface area contributed by atoms with E-state index in [1.807, 2.05) is 12.4 Å². The Kier molecular flexibility index (Phi) is 5.73. The van der Waals surface area contributed by atoms with Gasteiger partial charge in [-0.05, 0) is 37.6 Å². The number of hydroxylamine groups is 1. The number of ether oxygens (including phenoxy) is 2. The fraction of sp³-hybridized carbons (Fsp3) is 0.167. The van der Waals surface area contributed by atoms with Gasteiger partial charge in [0, 0.05) is 0 Å². The van der Waals surface area contributed by atoms with Crippen LogP contribution in [0.4, 0.5) is 4.79 Å². The topological polar surface area (TPSA) is 90.9 Å². The molecule has 7 nitrogen and oxygen atoms in total. The first-order valence-electron chi connectivity index (χ1n) is 7.36. The third-order valence-corrected chi connectivity index (χ3v) is 3.34. The van der Waals surface area contributed by atoms with Crippen LogP contribution in [-0.2, 0) is 9.57 Å². The van der Waals surface area contributed by atoms with Crippen molar-refractivity contribution in [2.75, 3.05) is 7.11 Å². The molecule has 0 unspecified atom stereocenters. The minimum atomic E-state index is -0.968. The number of esters is 1. The molecule has 0 saturated heterocycles. The molecule has 1 amide bonds. The van der Waals surface area contributed by atoms with Gasteiger partial charge in [-0.2, -0.15) is 0 Å². The number of nitrogens with one attached hydrogen (secondary N) is 1. The van der Waals surface area contributed by atoms with Gasteiger partial charge in [0.1, 0.15) is 5.75 Å². The first-order valence-corrected chi connectivity index (χ1v) is 7.36. The summed E-state index contributed by atoms with van der Waals surface area (Å²) in [5.41, 5.74) is 3.49. The van der Waals surface area contributed by atoms with Crippen LogP contribution in [0.1, 0.15) is 31.8 Å². The summed E-state index contributed by atoms with van der Waals surface area (Å²) in [5, 5.41) is 0. The van der Waals surface area contributed by atoms with Crippen molar-refractivity contribution in [2.45, 2.75) is 13.8 Å². The molecule has 25 heavy (non-hydrogen) atoms. The van der Waals surface area contributed by atoms with Crippen molar-refractivity contribution in [3.8, 4) is 5.75 Å². The Morgan fingerprint density at radius 2 is 1.60 bits per heavy atom. The molecule has 0 aliphatic rings. The van der Waals surface area contributed by atoms with E-state index in [-0.39, 0.29) is 11.1 Å². The summed E-state index contributed by atoms with van der Waals surface area (Å²) in [6, 6.07) is 11.4. The second kappa shape index (κ2) is 7.96. The number of aryl methyl sites for hydroxylation is 2. The molecule has 2 rings (SSSR count). The summed E-state index contributed by atoms with van der Waals surface area (Å²) in [6.07, 6.45) is -0.968. The van der Waals surface area contributed by atoms with E-state index in [4.69, 9.17) is 9.57 Å². The number of hydrogen-bond acceptors (Lipinski definition) is 6. The molecule has 0 spiro atoms. The maximum Gasteiger partial charge on any atom is 0.446 e. The quantitative estimate of drug-likeness (QED) is 0.680. The molecule has 0 atom stereocenters. The normalized spacial score (nSPS) is 9.88. The molecule has 0 bridgehead atoms. The zero-order chi connectivity index (χ0) is 18.4. The molecule has 0 heterocycles. The molecule has 2 aromatic carbocycles. The van der Waals surface area contributed by atoms with Crippen LogP contribution in [0.5, 0.6) is 5.75 Å². The number of methoxy groups -OCH3 is 1. The van der Waals surface area contributed by atoms with Crippen molar-refractivity contribution in [3.63, 3.8) is 0 Å². The Morgan fingerprint density at radius 3 is 2.24 bits per heavy atom. The lowest BCUT2D eigenvalue weighted by molar-refractivity contribution is 0.0270. The molecule has 1 N–H and O–H groups in total. The summed E-state index contributed by atoms with van der Waals surface area (Å²) in [4.78, 5) is 40.3. The van der Waals surface area contributed by atoms with Crippen molar-refractivity contribution in [1.29, 1.82) is 0 Å². The maximum absolute atomic E-state index is 12.1. The van der Waals surface area contributed by atoms with Crippen molar-refractivity contribution < 1.29 is 28.7 Å². The van der Waals surface area contributed by atoms with E-state index in [9.17, 15) is 14.4 Å². The lowest BCUT2D eigenvalue weighted by Gasteiger charge is -2.10. The van der Waals surface area contributed by atoms with Gasteiger partial charge in [-0.15, -0.1) is 5.48 Å². The molecule has 2 aromatic rings. The van der Waals surface area contributed by atoms with Crippen molar-refractivity contribution >= 4 is 18.0 Å². The number of carbonyl (C=O) groups is 3. The van der Waals surface area contributed by atoms with E-state index in [2.05, 4.69) is 4.74 Å². The van der Waals surface area contributed by atoms with Gasteiger partial charge < -0.3 is 14.3 Å². The molecular formula is C18H17NO6. The second-order valence-electron chi connectivity index (χ2n) is 5.18. The summed E-state index contributed by atoms with van der Waals surface area (Å²) in [6.45, 7) is 3.55. The van der Waals surface area contributed by atoms with Crippen LogP contribution in [0.15, 0.2) is 42.5 Å². The molecule has 0 saturated carbocycles. The average Bonchev–Trinajstić information content (AvgIpc) is 2.60. The van der Waals surface area contributed by atoms with E-state index in [0.29, 0.717) is 11.3 Å². The van der Waals surface area contributed by atoms with Gasteiger partial charge in [-0.25, -0.2) is 14.4 Å². The molecule has 0 fully saturated rings. The van der Waals surface area contributed by atoms with Crippen LogP contribution in [-0.4, -0.2) is 25.1 Å². The van der Waals surface area contributed by atoms with Gasteiger partial charge >= 0.3 is 18.0 Å². The van der Waals surface area contributed by atoms with E-state index < -0.39 is 18.0 Å². The number of benzene rings is 2. The highest BCUT2D eigenvalue weighted by atomic mass is 16.7. The average molecular weight is 343 g/mol. The molecule has 0 aliphatic carbocycles. The van der Waals surface area contributed by atoms with Crippen molar-refractivity contribution in [2.24, 2.45) is 0 Å². The molecule has 0 aliphatic heterocycles. The zero-order valence-electron chi connectivity index (χ0n) is 14.0. The van der Waals surface area contributed by atoms with E-state index in [0.717, 1.165) is 5.56 Å². The van der Waals surface area contributed by atoms with Crippen LogP contribution in [0.25, 0.3) is 0 Å². The van der Waals surface area contributed by atoms with Crippen molar-refractivity contribution in [1.82, 2.24) is 5.48 Å². The Hall–Kier alpha value is -3.35. The van der Waals surface area contributed by atoms with Crippen molar-refractivity contribution in [3.05, 3.63) is 64.7 Å². The SMILES string of the molecule is COC(=O)c1c(C)cccc1C(=O)ONC(=O)Oc1ccc(C)cc1. The van der Waals surface area contributed by atoms with Crippen LogP contribution in [0.2, 0.25) is 0 Å².